The standard InChI is InChI=1S/C15H21ClN2O/c1-15(2,3)18-8-6-17(7-9-18)14-5-4-13(16)10-12(14)11-19/h4-5,10-11H,6-9H2,1-3H3. The van der Waals surface area contributed by atoms with Crippen molar-refractivity contribution in [1.82, 2.24) is 4.90 Å². The van der Waals surface area contributed by atoms with Crippen LogP contribution in [0.3, 0.4) is 0 Å². The van der Waals surface area contributed by atoms with E-state index in [-0.39, 0.29) is 5.54 Å². The summed E-state index contributed by atoms with van der Waals surface area (Å²) >= 11 is 5.93. The first-order valence-electron chi connectivity index (χ1n) is 6.66. The molecule has 104 valence electrons. The third-order valence-electron chi connectivity index (χ3n) is 3.69. The van der Waals surface area contributed by atoms with E-state index in [9.17, 15) is 4.79 Å². The lowest BCUT2D eigenvalue weighted by Crippen LogP contribution is -2.53. The molecule has 1 aromatic carbocycles. The molecule has 0 unspecified atom stereocenters. The molecule has 0 N–H and O–H groups in total. The van der Waals surface area contributed by atoms with E-state index < -0.39 is 0 Å². The van der Waals surface area contributed by atoms with E-state index in [2.05, 4.69) is 30.6 Å². The number of rotatable bonds is 2. The zero-order valence-corrected chi connectivity index (χ0v) is 12.6. The molecular weight excluding hydrogens is 260 g/mol. The fourth-order valence-corrected chi connectivity index (χ4v) is 2.71. The second-order valence-electron chi connectivity index (χ2n) is 5.97. The van der Waals surface area contributed by atoms with Crippen molar-refractivity contribution >= 4 is 23.6 Å². The number of nitrogens with zero attached hydrogens (tertiary/aromatic N) is 2. The van der Waals surface area contributed by atoms with Crippen LogP contribution in [0.25, 0.3) is 0 Å². The summed E-state index contributed by atoms with van der Waals surface area (Å²) in [7, 11) is 0. The van der Waals surface area contributed by atoms with Crippen molar-refractivity contribution in [2.24, 2.45) is 0 Å². The van der Waals surface area contributed by atoms with Crippen molar-refractivity contribution in [3.8, 4) is 0 Å². The van der Waals surface area contributed by atoms with Crippen molar-refractivity contribution in [1.29, 1.82) is 0 Å². The molecule has 1 aliphatic heterocycles. The Morgan fingerprint density at radius 2 is 1.79 bits per heavy atom. The molecular formula is C15H21ClN2O. The predicted molar refractivity (Wildman–Crippen MR) is 80.4 cm³/mol. The molecule has 0 aliphatic carbocycles. The Morgan fingerprint density at radius 3 is 2.32 bits per heavy atom. The van der Waals surface area contributed by atoms with Crippen molar-refractivity contribution in [2.75, 3.05) is 31.1 Å². The van der Waals surface area contributed by atoms with Gasteiger partial charge in [-0.2, -0.15) is 0 Å². The molecule has 19 heavy (non-hydrogen) atoms. The van der Waals surface area contributed by atoms with E-state index >= 15 is 0 Å². The fraction of sp³-hybridized carbons (Fsp3) is 0.533. The maximum atomic E-state index is 11.2. The number of hydrogen-bond donors (Lipinski definition) is 0. The molecule has 1 aliphatic rings. The largest absolute Gasteiger partial charge is 0.368 e. The van der Waals surface area contributed by atoms with Crippen LogP contribution < -0.4 is 4.90 Å². The summed E-state index contributed by atoms with van der Waals surface area (Å²) in [4.78, 5) is 15.9. The van der Waals surface area contributed by atoms with Crippen molar-refractivity contribution in [3.63, 3.8) is 0 Å². The van der Waals surface area contributed by atoms with Crippen LogP contribution in [0.15, 0.2) is 18.2 Å². The second-order valence-corrected chi connectivity index (χ2v) is 6.40. The van der Waals surface area contributed by atoms with Crippen LogP contribution >= 0.6 is 11.6 Å². The molecule has 0 spiro atoms. The lowest BCUT2D eigenvalue weighted by molar-refractivity contribution is 0.112. The summed E-state index contributed by atoms with van der Waals surface area (Å²) in [5, 5.41) is 0.610. The molecule has 0 aromatic heterocycles. The van der Waals surface area contributed by atoms with Crippen LogP contribution in [-0.4, -0.2) is 42.9 Å². The average Bonchev–Trinajstić information content (AvgIpc) is 2.37. The van der Waals surface area contributed by atoms with Crippen LogP contribution in [0, 0.1) is 0 Å². The molecule has 0 saturated carbocycles. The molecule has 0 atom stereocenters. The number of aldehydes is 1. The number of benzene rings is 1. The number of piperazine rings is 1. The van der Waals surface area contributed by atoms with Crippen molar-refractivity contribution < 1.29 is 4.79 Å². The van der Waals surface area contributed by atoms with Gasteiger partial charge in [0, 0.05) is 48.0 Å². The van der Waals surface area contributed by atoms with E-state index in [1.807, 2.05) is 12.1 Å². The normalized spacial score (nSPS) is 17.6. The van der Waals surface area contributed by atoms with Gasteiger partial charge < -0.3 is 4.90 Å². The Bertz CT molecular complexity index is 460. The van der Waals surface area contributed by atoms with Gasteiger partial charge in [-0.15, -0.1) is 0 Å². The van der Waals surface area contributed by atoms with Crippen molar-refractivity contribution in [3.05, 3.63) is 28.8 Å². The Hall–Kier alpha value is -1.06. The Kier molecular flexibility index (Phi) is 4.16. The van der Waals surface area contributed by atoms with Crippen molar-refractivity contribution in [2.45, 2.75) is 26.3 Å². The molecule has 1 heterocycles. The Morgan fingerprint density at radius 1 is 1.16 bits per heavy atom. The minimum absolute atomic E-state index is 0.208. The summed E-state index contributed by atoms with van der Waals surface area (Å²) in [5.41, 5.74) is 1.88. The highest BCUT2D eigenvalue weighted by Crippen LogP contribution is 2.25. The van der Waals surface area contributed by atoms with Gasteiger partial charge in [-0.05, 0) is 39.0 Å². The first-order chi connectivity index (χ1) is 8.91. The average molecular weight is 281 g/mol. The summed E-state index contributed by atoms with van der Waals surface area (Å²) in [6, 6.07) is 5.53. The highest BCUT2D eigenvalue weighted by Gasteiger charge is 2.26. The van der Waals surface area contributed by atoms with Gasteiger partial charge in [-0.25, -0.2) is 0 Å². The van der Waals surface area contributed by atoms with E-state index in [0.29, 0.717) is 10.6 Å². The molecule has 4 heteroatoms. The van der Waals surface area contributed by atoms with Gasteiger partial charge in [-0.1, -0.05) is 11.6 Å². The van der Waals surface area contributed by atoms with Crippen LogP contribution in [0.2, 0.25) is 5.02 Å². The van der Waals surface area contributed by atoms with Crippen LogP contribution in [0.5, 0.6) is 0 Å². The second kappa shape index (κ2) is 5.51. The Balaban J connectivity index is 2.12. The molecule has 1 saturated heterocycles. The fourth-order valence-electron chi connectivity index (χ4n) is 2.53. The van der Waals surface area contributed by atoms with E-state index in [4.69, 9.17) is 11.6 Å². The summed E-state index contributed by atoms with van der Waals surface area (Å²) < 4.78 is 0. The maximum absolute atomic E-state index is 11.2. The number of carbonyl (C=O) groups excluding carboxylic acids is 1. The smallest absolute Gasteiger partial charge is 0.152 e. The number of anilines is 1. The van der Waals surface area contributed by atoms with Crippen LogP contribution in [0.1, 0.15) is 31.1 Å². The van der Waals surface area contributed by atoms with Gasteiger partial charge in [0.15, 0.2) is 6.29 Å². The highest BCUT2D eigenvalue weighted by atomic mass is 35.5. The van der Waals surface area contributed by atoms with E-state index in [1.54, 1.807) is 6.07 Å². The molecule has 3 nitrogen and oxygen atoms in total. The lowest BCUT2D eigenvalue weighted by atomic mass is 10.0. The molecule has 1 aromatic rings. The van der Waals surface area contributed by atoms with Crippen LogP contribution in [0.4, 0.5) is 5.69 Å². The third kappa shape index (κ3) is 3.28. The first-order valence-corrected chi connectivity index (χ1v) is 7.04. The zero-order valence-electron chi connectivity index (χ0n) is 11.8. The summed E-state index contributed by atoms with van der Waals surface area (Å²) in [6.07, 6.45) is 0.886. The van der Waals surface area contributed by atoms with Gasteiger partial charge in [0.2, 0.25) is 0 Å². The van der Waals surface area contributed by atoms with Gasteiger partial charge in [0.05, 0.1) is 0 Å². The quantitative estimate of drug-likeness (QED) is 0.778. The van der Waals surface area contributed by atoms with E-state index in [1.165, 1.54) is 0 Å². The topological polar surface area (TPSA) is 23.6 Å². The zero-order chi connectivity index (χ0) is 14.0. The summed E-state index contributed by atoms with van der Waals surface area (Å²) in [6.45, 7) is 10.6. The minimum Gasteiger partial charge on any atom is -0.368 e. The molecule has 2 rings (SSSR count). The molecule has 0 amide bonds. The monoisotopic (exact) mass is 280 g/mol. The predicted octanol–water partition coefficient (Wildman–Crippen LogP) is 3.07. The van der Waals surface area contributed by atoms with Gasteiger partial charge >= 0.3 is 0 Å². The Labute approximate surface area is 120 Å². The van der Waals surface area contributed by atoms with Crippen LogP contribution in [-0.2, 0) is 0 Å². The lowest BCUT2D eigenvalue weighted by Gasteiger charge is -2.43. The minimum atomic E-state index is 0.208. The maximum Gasteiger partial charge on any atom is 0.152 e. The summed E-state index contributed by atoms with van der Waals surface area (Å²) in [5.74, 6) is 0. The highest BCUT2D eigenvalue weighted by molar-refractivity contribution is 6.31. The molecule has 0 bridgehead atoms. The number of carbonyl (C=O) groups is 1. The van der Waals surface area contributed by atoms with Gasteiger partial charge in [0.1, 0.15) is 0 Å². The molecule has 1 fully saturated rings. The SMILES string of the molecule is CC(C)(C)N1CCN(c2ccc(Cl)cc2C=O)CC1. The number of halogens is 1. The third-order valence-corrected chi connectivity index (χ3v) is 3.92. The van der Waals surface area contributed by atoms with Gasteiger partial charge in [-0.3, -0.25) is 9.69 Å². The van der Waals surface area contributed by atoms with Gasteiger partial charge in [0.25, 0.3) is 0 Å². The first kappa shape index (κ1) is 14.4. The number of hydrogen-bond acceptors (Lipinski definition) is 3. The van der Waals surface area contributed by atoms with E-state index in [0.717, 1.165) is 38.2 Å². The molecule has 0 radical (unpaired) electrons.